The number of hydrogen-bond donors (Lipinski definition) is 0. The van der Waals surface area contributed by atoms with Crippen molar-refractivity contribution in [3.63, 3.8) is 0 Å². The van der Waals surface area contributed by atoms with Crippen molar-refractivity contribution in [1.29, 1.82) is 0 Å². The molecule has 0 atom stereocenters. The summed E-state index contributed by atoms with van der Waals surface area (Å²) in [6.45, 7) is 2.00. The normalized spacial score (nSPS) is 15.3. The molecular weight excluding hydrogens is 199 g/mol. The van der Waals surface area contributed by atoms with Gasteiger partial charge in [-0.2, -0.15) is 0 Å². The molecule has 1 heterocycles. The van der Waals surface area contributed by atoms with E-state index < -0.39 is 0 Å². The van der Waals surface area contributed by atoms with Gasteiger partial charge in [-0.05, 0) is 47.7 Å². The molecule has 2 aromatic rings. The van der Waals surface area contributed by atoms with E-state index in [1.807, 2.05) is 6.92 Å². The molecule has 0 saturated heterocycles. The van der Waals surface area contributed by atoms with Crippen LogP contribution in [-0.2, 0) is 0 Å². The molecular formula is C11H11BN4. The Morgan fingerprint density at radius 3 is 2.81 bits per heavy atom. The molecule has 0 bridgehead atoms. The zero-order chi connectivity index (χ0) is 11.1. The largest absolute Gasteiger partial charge is 0.200 e. The second kappa shape index (κ2) is 3.44. The fourth-order valence-corrected chi connectivity index (χ4v) is 1.92. The summed E-state index contributed by atoms with van der Waals surface area (Å²) in [7, 11) is 5.95. The molecule has 2 radical (unpaired) electrons. The van der Waals surface area contributed by atoms with Gasteiger partial charge in [-0.25, -0.2) is 4.68 Å². The molecule has 16 heavy (non-hydrogen) atoms. The van der Waals surface area contributed by atoms with E-state index in [9.17, 15) is 0 Å². The maximum absolute atomic E-state index is 5.95. The molecule has 1 aliphatic carbocycles. The predicted octanol–water partition coefficient (Wildman–Crippen LogP) is 0.642. The second-order valence-electron chi connectivity index (χ2n) is 4.30. The van der Waals surface area contributed by atoms with Crippen LogP contribution in [0.2, 0.25) is 0 Å². The lowest BCUT2D eigenvalue weighted by Crippen LogP contribution is -2.12. The third kappa shape index (κ3) is 1.52. The minimum atomic E-state index is 0.627. The topological polar surface area (TPSA) is 43.6 Å². The molecule has 1 fully saturated rings. The van der Waals surface area contributed by atoms with E-state index >= 15 is 0 Å². The van der Waals surface area contributed by atoms with E-state index in [-0.39, 0.29) is 0 Å². The zero-order valence-electron chi connectivity index (χ0n) is 9.09. The van der Waals surface area contributed by atoms with Crippen LogP contribution in [0.15, 0.2) is 18.5 Å². The Morgan fingerprint density at radius 1 is 1.38 bits per heavy atom. The van der Waals surface area contributed by atoms with E-state index in [0.717, 1.165) is 16.7 Å². The molecule has 78 valence electrons. The number of tetrazole rings is 1. The Kier molecular flexibility index (Phi) is 2.06. The van der Waals surface area contributed by atoms with Gasteiger partial charge in [-0.15, -0.1) is 5.10 Å². The number of hydrogen-bond acceptors (Lipinski definition) is 3. The van der Waals surface area contributed by atoms with Crippen molar-refractivity contribution in [2.24, 2.45) is 0 Å². The van der Waals surface area contributed by atoms with Gasteiger partial charge in [-0.3, -0.25) is 0 Å². The SMILES string of the molecule is [B]c1cc(C2CC2)c(-n2cnnn2)cc1C. The minimum Gasteiger partial charge on any atom is -0.200 e. The van der Waals surface area contributed by atoms with E-state index in [4.69, 9.17) is 7.85 Å². The van der Waals surface area contributed by atoms with Crippen LogP contribution in [0, 0.1) is 6.92 Å². The summed E-state index contributed by atoms with van der Waals surface area (Å²) < 4.78 is 1.71. The maximum atomic E-state index is 5.95. The van der Waals surface area contributed by atoms with Gasteiger partial charge in [0.2, 0.25) is 0 Å². The monoisotopic (exact) mass is 210 g/mol. The number of benzene rings is 1. The van der Waals surface area contributed by atoms with Gasteiger partial charge in [0, 0.05) is 0 Å². The van der Waals surface area contributed by atoms with E-state index in [2.05, 4.69) is 27.7 Å². The summed E-state index contributed by atoms with van der Waals surface area (Å²) in [4.78, 5) is 0. The molecule has 5 heteroatoms. The smallest absolute Gasteiger partial charge is 0.143 e. The second-order valence-corrected chi connectivity index (χ2v) is 4.30. The van der Waals surface area contributed by atoms with Gasteiger partial charge < -0.3 is 0 Å². The molecule has 0 unspecified atom stereocenters. The maximum Gasteiger partial charge on any atom is 0.143 e. The van der Waals surface area contributed by atoms with Crippen molar-refractivity contribution in [2.75, 3.05) is 0 Å². The Balaban J connectivity index is 2.18. The summed E-state index contributed by atoms with van der Waals surface area (Å²) >= 11 is 0. The standard InChI is InChI=1S/C11H11BN4/c1-7-4-11(16-6-13-14-15-16)9(5-10(7)12)8-2-3-8/h4-6,8H,2-3H2,1H3. The predicted molar refractivity (Wildman–Crippen MR) is 61.3 cm³/mol. The first-order valence-corrected chi connectivity index (χ1v) is 5.39. The highest BCUT2D eigenvalue weighted by molar-refractivity contribution is 6.33. The highest BCUT2D eigenvalue weighted by Gasteiger charge is 2.27. The van der Waals surface area contributed by atoms with Gasteiger partial charge in [0.25, 0.3) is 0 Å². The van der Waals surface area contributed by atoms with Gasteiger partial charge >= 0.3 is 0 Å². The molecule has 0 N–H and O–H groups in total. The fourth-order valence-electron chi connectivity index (χ4n) is 1.92. The average molecular weight is 210 g/mol. The average Bonchev–Trinajstić information content (AvgIpc) is 2.97. The summed E-state index contributed by atoms with van der Waals surface area (Å²) in [5, 5.41) is 11.3. The molecule has 4 nitrogen and oxygen atoms in total. The van der Waals surface area contributed by atoms with Crippen LogP contribution in [0.25, 0.3) is 5.69 Å². The third-order valence-electron chi connectivity index (χ3n) is 3.03. The lowest BCUT2D eigenvalue weighted by molar-refractivity contribution is 0.780. The number of nitrogens with zero attached hydrogens (tertiary/aromatic N) is 4. The highest BCUT2D eigenvalue weighted by Crippen LogP contribution is 2.42. The van der Waals surface area contributed by atoms with Gasteiger partial charge in [0.05, 0.1) is 5.69 Å². The first-order chi connectivity index (χ1) is 7.75. The minimum absolute atomic E-state index is 0.627. The van der Waals surface area contributed by atoms with Gasteiger partial charge in [0.15, 0.2) is 0 Å². The van der Waals surface area contributed by atoms with Crippen molar-refractivity contribution < 1.29 is 0 Å². The van der Waals surface area contributed by atoms with Crippen LogP contribution in [0.4, 0.5) is 0 Å². The third-order valence-corrected chi connectivity index (χ3v) is 3.03. The lowest BCUT2D eigenvalue weighted by atomic mass is 9.87. The summed E-state index contributed by atoms with van der Waals surface area (Å²) in [5.41, 5.74) is 4.23. The number of aryl methyl sites for hydroxylation is 1. The van der Waals surface area contributed by atoms with Gasteiger partial charge in [0.1, 0.15) is 14.2 Å². The first-order valence-electron chi connectivity index (χ1n) is 5.39. The van der Waals surface area contributed by atoms with Crippen molar-refractivity contribution in [2.45, 2.75) is 25.7 Å². The van der Waals surface area contributed by atoms with Crippen LogP contribution in [0.3, 0.4) is 0 Å². The van der Waals surface area contributed by atoms with Gasteiger partial charge in [-0.1, -0.05) is 17.1 Å². The Hall–Kier alpha value is -1.65. The first kappa shape index (κ1) is 9.57. The van der Waals surface area contributed by atoms with Crippen molar-refractivity contribution in [3.8, 4) is 5.69 Å². The Bertz CT molecular complexity index is 517. The summed E-state index contributed by atoms with van der Waals surface area (Å²) in [6, 6.07) is 4.11. The van der Waals surface area contributed by atoms with Crippen LogP contribution < -0.4 is 5.46 Å². The molecule has 1 saturated carbocycles. The Labute approximate surface area is 95.1 Å². The quantitative estimate of drug-likeness (QED) is 0.683. The Morgan fingerprint density at radius 2 is 2.19 bits per heavy atom. The summed E-state index contributed by atoms with van der Waals surface area (Å²) in [6.07, 6.45) is 4.09. The molecule has 1 aliphatic rings. The molecule has 0 amide bonds. The van der Waals surface area contributed by atoms with Crippen LogP contribution in [-0.4, -0.2) is 28.1 Å². The molecule has 0 spiro atoms. The van der Waals surface area contributed by atoms with E-state index in [1.54, 1.807) is 11.0 Å². The van der Waals surface area contributed by atoms with Crippen LogP contribution in [0.5, 0.6) is 0 Å². The lowest BCUT2D eigenvalue weighted by Gasteiger charge is -2.11. The molecule has 0 aliphatic heterocycles. The fraction of sp³-hybridized carbons (Fsp3) is 0.364. The highest BCUT2D eigenvalue weighted by atomic mass is 15.5. The molecule has 3 rings (SSSR count). The van der Waals surface area contributed by atoms with Crippen LogP contribution in [0.1, 0.15) is 29.9 Å². The van der Waals surface area contributed by atoms with Crippen LogP contribution >= 0.6 is 0 Å². The van der Waals surface area contributed by atoms with E-state index in [0.29, 0.717) is 5.92 Å². The van der Waals surface area contributed by atoms with Crippen molar-refractivity contribution in [1.82, 2.24) is 20.2 Å². The van der Waals surface area contributed by atoms with E-state index in [1.165, 1.54) is 18.4 Å². The zero-order valence-corrected chi connectivity index (χ0v) is 9.09. The number of aromatic nitrogens is 4. The van der Waals surface area contributed by atoms with Crippen molar-refractivity contribution >= 4 is 13.3 Å². The van der Waals surface area contributed by atoms with Crippen molar-refractivity contribution in [3.05, 3.63) is 29.6 Å². The number of rotatable bonds is 2. The molecule has 1 aromatic carbocycles. The molecule has 1 aromatic heterocycles. The summed E-state index contributed by atoms with van der Waals surface area (Å²) in [5.74, 6) is 0.627.